The normalized spacial score (nSPS) is 17.2. The van der Waals surface area contributed by atoms with Gasteiger partial charge in [0.1, 0.15) is 5.75 Å². The summed E-state index contributed by atoms with van der Waals surface area (Å²) in [4.78, 5) is 0. The van der Waals surface area contributed by atoms with Crippen molar-refractivity contribution in [2.24, 2.45) is 5.92 Å². The van der Waals surface area contributed by atoms with Crippen molar-refractivity contribution < 1.29 is 4.74 Å². The van der Waals surface area contributed by atoms with Gasteiger partial charge in [-0.1, -0.05) is 108 Å². The fraction of sp³-hybridized carbons (Fsp3) is 0.514. The van der Waals surface area contributed by atoms with Crippen LogP contribution in [0.15, 0.2) is 60.7 Å². The second-order valence-corrected chi connectivity index (χ2v) is 11.4. The molecule has 1 saturated carbocycles. The summed E-state index contributed by atoms with van der Waals surface area (Å²) in [7, 11) is 0. The molecule has 0 aliphatic heterocycles. The summed E-state index contributed by atoms with van der Waals surface area (Å²) in [6.07, 6.45) is 19.2. The molecule has 0 heterocycles. The van der Waals surface area contributed by atoms with Crippen LogP contribution < -0.4 is 4.74 Å². The van der Waals surface area contributed by atoms with Gasteiger partial charge in [-0.05, 0) is 96.7 Å². The number of fused-ring (bicyclic) bond motifs is 1. The van der Waals surface area contributed by atoms with Gasteiger partial charge in [0.15, 0.2) is 0 Å². The van der Waals surface area contributed by atoms with Crippen molar-refractivity contribution in [2.45, 2.75) is 110 Å². The molecule has 0 aromatic heterocycles. The third kappa shape index (κ3) is 8.94. The molecular weight excluding hydrogens is 460 g/mol. The number of unbranched alkanes of at least 4 members (excludes halogenated alkanes) is 7. The van der Waals surface area contributed by atoms with Crippen LogP contribution in [0.1, 0.15) is 126 Å². The summed E-state index contributed by atoms with van der Waals surface area (Å²) in [5.41, 5.74) is 3.66. The van der Waals surface area contributed by atoms with E-state index in [0.717, 1.165) is 48.2 Å². The van der Waals surface area contributed by atoms with Crippen molar-refractivity contribution in [3.63, 3.8) is 0 Å². The Labute approximate surface area is 232 Å². The van der Waals surface area contributed by atoms with Gasteiger partial charge in [-0.2, -0.15) is 0 Å². The van der Waals surface area contributed by atoms with Crippen molar-refractivity contribution >= 4 is 10.8 Å². The zero-order chi connectivity index (χ0) is 26.4. The predicted molar refractivity (Wildman–Crippen MR) is 164 cm³/mol. The topological polar surface area (TPSA) is 9.23 Å². The van der Waals surface area contributed by atoms with Gasteiger partial charge in [-0.25, -0.2) is 0 Å². The minimum absolute atomic E-state index is 0.735. The summed E-state index contributed by atoms with van der Waals surface area (Å²) in [5, 5.41) is 2.41. The van der Waals surface area contributed by atoms with E-state index in [1.165, 1.54) is 93.4 Å². The largest absolute Gasteiger partial charge is 0.494 e. The number of benzene rings is 3. The lowest BCUT2D eigenvalue weighted by Gasteiger charge is -2.29. The highest BCUT2D eigenvalue weighted by Gasteiger charge is 2.21. The molecule has 3 aromatic rings. The smallest absolute Gasteiger partial charge is 0.119 e. The highest BCUT2D eigenvalue weighted by Crippen LogP contribution is 2.37. The second-order valence-electron chi connectivity index (χ2n) is 11.4. The molecule has 38 heavy (non-hydrogen) atoms. The van der Waals surface area contributed by atoms with Crippen molar-refractivity contribution in [3.8, 4) is 17.6 Å². The van der Waals surface area contributed by atoms with E-state index in [2.05, 4.69) is 86.4 Å². The summed E-state index contributed by atoms with van der Waals surface area (Å²) < 4.78 is 5.85. The maximum atomic E-state index is 5.85. The van der Waals surface area contributed by atoms with E-state index in [1.807, 2.05) is 0 Å². The predicted octanol–water partition coefficient (Wildman–Crippen LogP) is 10.8. The summed E-state index contributed by atoms with van der Waals surface area (Å²) in [6.45, 7) is 5.27. The van der Waals surface area contributed by atoms with E-state index in [1.54, 1.807) is 0 Å². The lowest BCUT2D eigenvalue weighted by atomic mass is 9.77. The third-order valence-corrected chi connectivity index (χ3v) is 8.37. The fourth-order valence-corrected chi connectivity index (χ4v) is 5.88. The van der Waals surface area contributed by atoms with Crippen LogP contribution in [0.5, 0.6) is 5.75 Å². The monoisotopic (exact) mass is 508 g/mol. The first kappa shape index (κ1) is 28.3. The Hall–Kier alpha value is -2.72. The van der Waals surface area contributed by atoms with Crippen LogP contribution >= 0.6 is 0 Å². The molecule has 1 fully saturated rings. The van der Waals surface area contributed by atoms with Gasteiger partial charge >= 0.3 is 0 Å². The number of rotatable bonds is 13. The molecule has 0 N–H and O–H groups in total. The van der Waals surface area contributed by atoms with Crippen LogP contribution in [0.4, 0.5) is 0 Å². The molecule has 0 spiro atoms. The van der Waals surface area contributed by atoms with Crippen LogP contribution in [0.25, 0.3) is 10.8 Å². The van der Waals surface area contributed by atoms with Crippen molar-refractivity contribution in [3.05, 3.63) is 77.4 Å². The lowest BCUT2D eigenvalue weighted by molar-refractivity contribution is 0.302. The van der Waals surface area contributed by atoms with Gasteiger partial charge in [0, 0.05) is 11.1 Å². The Morgan fingerprint density at radius 1 is 0.632 bits per heavy atom. The van der Waals surface area contributed by atoms with Crippen molar-refractivity contribution in [2.75, 3.05) is 6.61 Å². The fourth-order valence-electron chi connectivity index (χ4n) is 5.88. The number of ether oxygens (including phenoxy) is 1. The minimum atomic E-state index is 0.735. The molecule has 0 bridgehead atoms. The minimum Gasteiger partial charge on any atom is -0.494 e. The second kappa shape index (κ2) is 15.6. The van der Waals surface area contributed by atoms with E-state index < -0.39 is 0 Å². The number of hydrogen-bond acceptors (Lipinski definition) is 1. The summed E-state index contributed by atoms with van der Waals surface area (Å²) in [5.74, 6) is 9.40. The number of hydrogen-bond donors (Lipinski definition) is 0. The van der Waals surface area contributed by atoms with E-state index in [4.69, 9.17) is 4.74 Å². The molecule has 1 heteroatoms. The average Bonchev–Trinajstić information content (AvgIpc) is 2.96. The molecule has 1 aliphatic rings. The van der Waals surface area contributed by atoms with Gasteiger partial charge in [0.25, 0.3) is 0 Å². The first-order chi connectivity index (χ1) is 18.7. The van der Waals surface area contributed by atoms with Gasteiger partial charge in [0.05, 0.1) is 6.61 Å². The molecule has 0 amide bonds. The Balaban J connectivity index is 1.23. The summed E-state index contributed by atoms with van der Waals surface area (Å²) >= 11 is 0. The molecule has 3 aromatic carbocycles. The van der Waals surface area contributed by atoms with E-state index in [0.29, 0.717) is 0 Å². The molecule has 0 unspecified atom stereocenters. The maximum absolute atomic E-state index is 5.85. The highest BCUT2D eigenvalue weighted by atomic mass is 16.5. The van der Waals surface area contributed by atoms with E-state index >= 15 is 0 Å². The van der Waals surface area contributed by atoms with Gasteiger partial charge in [-0.15, -0.1) is 0 Å². The Morgan fingerprint density at radius 2 is 1.26 bits per heavy atom. The molecule has 1 aliphatic carbocycles. The van der Waals surface area contributed by atoms with Crippen LogP contribution in [0.2, 0.25) is 0 Å². The zero-order valence-electron chi connectivity index (χ0n) is 23.9. The van der Waals surface area contributed by atoms with Crippen molar-refractivity contribution in [1.82, 2.24) is 0 Å². The average molecular weight is 509 g/mol. The van der Waals surface area contributed by atoms with Gasteiger partial charge in [0.2, 0.25) is 0 Å². The van der Waals surface area contributed by atoms with Crippen LogP contribution in [-0.4, -0.2) is 6.61 Å². The van der Waals surface area contributed by atoms with Crippen LogP contribution in [0, 0.1) is 17.8 Å². The SMILES string of the molecule is CCCCCCCCCC1CCC(c2ccc(C#Cc3ccc4cc(OCCCC)ccc4c3)cc2)CC1. The molecule has 4 rings (SSSR count). The first-order valence-corrected chi connectivity index (χ1v) is 15.5. The molecule has 202 valence electrons. The molecular formula is C37H48O. The maximum Gasteiger partial charge on any atom is 0.119 e. The molecule has 0 atom stereocenters. The Morgan fingerprint density at radius 3 is 2.03 bits per heavy atom. The Kier molecular flexibility index (Phi) is 11.6. The van der Waals surface area contributed by atoms with Crippen LogP contribution in [-0.2, 0) is 0 Å². The zero-order valence-corrected chi connectivity index (χ0v) is 23.9. The lowest BCUT2D eigenvalue weighted by Crippen LogP contribution is -2.13. The first-order valence-electron chi connectivity index (χ1n) is 15.5. The van der Waals surface area contributed by atoms with E-state index in [-0.39, 0.29) is 0 Å². The molecule has 0 radical (unpaired) electrons. The Bertz CT molecular complexity index is 1150. The molecule has 0 saturated heterocycles. The standard InChI is InChI=1S/C37H48O/c1-3-5-7-8-9-10-11-12-30-15-20-33(21-16-30)34-22-17-31(18-23-34)13-14-32-19-24-36-29-37(38-27-6-4-2)26-25-35(36)28-32/h17-19,22-26,28-30,33H,3-12,15-16,20-21,27H2,1-2H3. The van der Waals surface area contributed by atoms with Crippen LogP contribution in [0.3, 0.4) is 0 Å². The van der Waals surface area contributed by atoms with Gasteiger partial charge in [-0.3, -0.25) is 0 Å². The molecule has 1 nitrogen and oxygen atoms in total. The third-order valence-electron chi connectivity index (χ3n) is 8.37. The highest BCUT2D eigenvalue weighted by molar-refractivity contribution is 5.85. The summed E-state index contributed by atoms with van der Waals surface area (Å²) in [6, 6.07) is 21.9. The van der Waals surface area contributed by atoms with Crippen molar-refractivity contribution in [1.29, 1.82) is 0 Å². The van der Waals surface area contributed by atoms with Gasteiger partial charge < -0.3 is 4.74 Å². The van der Waals surface area contributed by atoms with E-state index in [9.17, 15) is 0 Å². The quantitative estimate of drug-likeness (QED) is 0.165.